The minimum atomic E-state index is -0.183. The molecular weight excluding hydrogens is 919 g/mol. The maximum atomic E-state index is 12.0. The molecule has 0 aromatic heterocycles. The second-order valence-corrected chi connectivity index (χ2v) is 31.7. The summed E-state index contributed by atoms with van der Waals surface area (Å²) in [5.41, 5.74) is 0.0685. The molecule has 5 aliphatic heterocycles. The summed E-state index contributed by atoms with van der Waals surface area (Å²) in [6, 6.07) is 1.39. The molecule has 5 fully saturated rings. The highest BCUT2D eigenvalue weighted by Gasteiger charge is 2.48. The van der Waals surface area contributed by atoms with E-state index in [9.17, 15) is 24.0 Å². The molecule has 5 saturated heterocycles. The molecule has 0 saturated carbocycles. The van der Waals surface area contributed by atoms with E-state index in [0.29, 0.717) is 43.7 Å². The van der Waals surface area contributed by atoms with Crippen molar-refractivity contribution in [2.75, 3.05) is 26.4 Å². The average Bonchev–Trinajstić information content (AvgIpc) is 3.77. The third-order valence-corrected chi connectivity index (χ3v) is 14.4. The lowest BCUT2D eigenvalue weighted by Crippen LogP contribution is -2.61. The summed E-state index contributed by atoms with van der Waals surface area (Å²) in [6.07, 6.45) is 5.22. The molecular formula is C60H115N5O8. The highest BCUT2D eigenvalue weighted by atomic mass is 16.6. The quantitative estimate of drug-likeness (QED) is 0.235. The molecule has 5 atom stereocenters. The Morgan fingerprint density at radius 2 is 0.630 bits per heavy atom. The fraction of sp³-hybridized carbons (Fsp3) is 0.917. The van der Waals surface area contributed by atoms with Crippen LogP contribution in [-0.2, 0) is 28.6 Å². The van der Waals surface area contributed by atoms with E-state index >= 15 is 0 Å². The first kappa shape index (κ1) is 67.9. The van der Waals surface area contributed by atoms with E-state index in [1.165, 1.54) is 0 Å². The van der Waals surface area contributed by atoms with Gasteiger partial charge >= 0.3 is 12.2 Å². The maximum absolute atomic E-state index is 12.0. The SMILES string of the molecule is CC(C)(C)C1CCC(=O)N1C(C)(C)C.CC(C)(C)C1CCCC(=O)N1C(C)(C)C.CC(C)(C)C1CCOC(=O)N1C(C)(C)C.CC(C)(C)C1COC(=O)N1C(C)(C)C.CC(C)(C)C1COCC(=O)N1C(C)(C)C. The molecule has 0 radical (unpaired) electrons. The molecule has 0 N–H and O–H groups in total. The normalized spacial score (nSPS) is 24.3. The zero-order valence-corrected chi connectivity index (χ0v) is 53.0. The third-order valence-electron chi connectivity index (χ3n) is 14.4. The number of carbonyl (C=O) groups excluding carboxylic acids is 5. The van der Waals surface area contributed by atoms with E-state index in [-0.39, 0.29) is 97.6 Å². The Bertz CT molecular complexity index is 1640. The van der Waals surface area contributed by atoms with Gasteiger partial charge in [0, 0.05) is 65.1 Å². The molecule has 5 aliphatic rings. The van der Waals surface area contributed by atoms with Crippen LogP contribution in [0, 0.1) is 27.1 Å². The van der Waals surface area contributed by atoms with E-state index in [2.05, 4.69) is 197 Å². The number of likely N-dealkylation sites (tertiary alicyclic amines) is 2. The molecule has 0 aliphatic carbocycles. The number of cyclic esters (lactones) is 2. The van der Waals surface area contributed by atoms with Gasteiger partial charge in [0.1, 0.15) is 13.2 Å². The Hall–Kier alpha value is -3.09. The number of nitrogens with zero attached hydrogens (tertiary/aromatic N) is 5. The number of morpholine rings is 1. The molecule has 428 valence electrons. The van der Waals surface area contributed by atoms with Crippen molar-refractivity contribution < 1.29 is 38.2 Å². The molecule has 5 rings (SSSR count). The van der Waals surface area contributed by atoms with Crippen molar-refractivity contribution >= 4 is 29.9 Å². The summed E-state index contributed by atoms with van der Waals surface area (Å²) in [5.74, 6) is 0.750. The summed E-state index contributed by atoms with van der Waals surface area (Å²) in [5, 5.41) is 0. The van der Waals surface area contributed by atoms with E-state index < -0.39 is 0 Å². The van der Waals surface area contributed by atoms with Gasteiger partial charge in [-0.15, -0.1) is 0 Å². The second kappa shape index (κ2) is 24.1. The molecule has 13 heteroatoms. The van der Waals surface area contributed by atoms with Crippen LogP contribution in [0.15, 0.2) is 0 Å². The van der Waals surface area contributed by atoms with Crippen LogP contribution in [0.3, 0.4) is 0 Å². The van der Waals surface area contributed by atoms with Crippen molar-refractivity contribution in [3.63, 3.8) is 0 Å². The topological polar surface area (TPSA) is 129 Å². The first-order chi connectivity index (χ1) is 32.2. The van der Waals surface area contributed by atoms with Crippen LogP contribution in [0.25, 0.3) is 0 Å². The van der Waals surface area contributed by atoms with Gasteiger partial charge in [-0.1, -0.05) is 104 Å². The summed E-state index contributed by atoms with van der Waals surface area (Å²) in [7, 11) is 0. The van der Waals surface area contributed by atoms with Crippen molar-refractivity contribution in [3.8, 4) is 0 Å². The molecule has 5 heterocycles. The number of hydrogen-bond donors (Lipinski definition) is 0. The fourth-order valence-corrected chi connectivity index (χ4v) is 10.9. The number of hydrogen-bond acceptors (Lipinski definition) is 8. The lowest BCUT2D eigenvalue weighted by Gasteiger charge is -2.50. The second-order valence-electron chi connectivity index (χ2n) is 31.7. The van der Waals surface area contributed by atoms with Gasteiger partial charge in [-0.3, -0.25) is 24.2 Å². The van der Waals surface area contributed by atoms with Crippen LogP contribution in [0.1, 0.15) is 246 Å². The Morgan fingerprint density at radius 1 is 0.329 bits per heavy atom. The zero-order chi connectivity index (χ0) is 57.9. The van der Waals surface area contributed by atoms with Gasteiger partial charge in [0.25, 0.3) is 0 Å². The Balaban J connectivity index is 0.000000456. The Kier molecular flexibility index (Phi) is 22.4. The van der Waals surface area contributed by atoms with E-state index in [1.807, 2.05) is 35.5 Å². The number of rotatable bonds is 0. The smallest absolute Gasteiger partial charge is 0.410 e. The lowest BCUT2D eigenvalue weighted by molar-refractivity contribution is -0.162. The average molecular weight is 1030 g/mol. The van der Waals surface area contributed by atoms with E-state index in [1.54, 1.807) is 0 Å². The van der Waals surface area contributed by atoms with E-state index in [0.717, 1.165) is 38.5 Å². The fourth-order valence-electron chi connectivity index (χ4n) is 10.9. The highest BCUT2D eigenvalue weighted by molar-refractivity contribution is 5.80. The van der Waals surface area contributed by atoms with Gasteiger partial charge in [-0.05, 0) is 150 Å². The number of amides is 5. The van der Waals surface area contributed by atoms with Crippen LogP contribution in [0.2, 0.25) is 0 Å². The number of ether oxygens (including phenoxy) is 3. The van der Waals surface area contributed by atoms with Crippen LogP contribution >= 0.6 is 0 Å². The number of piperidine rings is 1. The minimum absolute atomic E-state index is 0.0362. The van der Waals surface area contributed by atoms with Crippen molar-refractivity contribution in [2.45, 2.75) is 304 Å². The highest BCUT2D eigenvalue weighted by Crippen LogP contribution is 2.40. The van der Waals surface area contributed by atoms with Crippen LogP contribution in [0.5, 0.6) is 0 Å². The van der Waals surface area contributed by atoms with Crippen LogP contribution in [0.4, 0.5) is 9.59 Å². The first-order valence-corrected chi connectivity index (χ1v) is 27.7. The van der Waals surface area contributed by atoms with Crippen molar-refractivity contribution in [2.24, 2.45) is 27.1 Å². The maximum Gasteiger partial charge on any atom is 0.410 e. The van der Waals surface area contributed by atoms with Gasteiger partial charge in [-0.2, -0.15) is 0 Å². The Morgan fingerprint density at radius 3 is 0.945 bits per heavy atom. The van der Waals surface area contributed by atoms with Crippen LogP contribution < -0.4 is 0 Å². The molecule has 0 aromatic carbocycles. The first-order valence-electron chi connectivity index (χ1n) is 27.7. The summed E-state index contributed by atoms with van der Waals surface area (Å²) in [6.45, 7) is 65.9. The molecule has 73 heavy (non-hydrogen) atoms. The molecule has 5 amide bonds. The summed E-state index contributed by atoms with van der Waals surface area (Å²) in [4.78, 5) is 69.0. The predicted molar refractivity (Wildman–Crippen MR) is 300 cm³/mol. The third kappa shape index (κ3) is 19.8. The predicted octanol–water partition coefficient (Wildman–Crippen LogP) is 13.8. The monoisotopic (exact) mass is 1030 g/mol. The zero-order valence-electron chi connectivity index (χ0n) is 53.0. The van der Waals surface area contributed by atoms with Gasteiger partial charge in [0.15, 0.2) is 0 Å². The van der Waals surface area contributed by atoms with Crippen LogP contribution in [-0.4, -0.2) is 139 Å². The molecule has 0 spiro atoms. The van der Waals surface area contributed by atoms with E-state index in [4.69, 9.17) is 14.2 Å². The molecule has 0 bridgehead atoms. The van der Waals surface area contributed by atoms with Gasteiger partial charge in [0.2, 0.25) is 17.7 Å². The standard InChI is InChI=1S/C13H25NO.2C12H23NO2.C12H23NO.C11H21NO2/c1-12(2,3)10-8-7-9-11(15)14(10)13(4,5)6;1-11(2,3)9-7-15-8-10(14)13(9)12(4,5)6;1-11(2,3)9-7-8-15-10(14)13(9)12(4,5)6;1-11(2,3)9-7-8-10(14)13(9)12(4,5)6;1-10(2,3)8-7-14-9(13)12(8)11(4,5)6/h10H,7-9H2,1-6H3;2*9H,7-8H2,1-6H3;9H,7-8H2,1-6H3;8H,7H2,1-6H3. The largest absolute Gasteiger partial charge is 0.449 e. The minimum Gasteiger partial charge on any atom is -0.449 e. The summed E-state index contributed by atoms with van der Waals surface area (Å²) < 4.78 is 15.6. The Labute approximate surface area is 448 Å². The van der Waals surface area contributed by atoms with Gasteiger partial charge < -0.3 is 28.9 Å². The van der Waals surface area contributed by atoms with Crippen molar-refractivity contribution in [1.29, 1.82) is 0 Å². The van der Waals surface area contributed by atoms with Gasteiger partial charge in [-0.25, -0.2) is 9.59 Å². The van der Waals surface area contributed by atoms with Crippen molar-refractivity contribution in [3.05, 3.63) is 0 Å². The molecule has 0 aromatic rings. The molecule has 13 nitrogen and oxygen atoms in total. The molecule has 5 unspecified atom stereocenters. The summed E-state index contributed by atoms with van der Waals surface area (Å²) >= 11 is 0. The number of carbonyl (C=O) groups is 5. The van der Waals surface area contributed by atoms with Gasteiger partial charge in [0.05, 0.1) is 25.3 Å². The van der Waals surface area contributed by atoms with Crippen molar-refractivity contribution in [1.82, 2.24) is 24.5 Å². The lowest BCUT2D eigenvalue weighted by atomic mass is 9.78.